The molecule has 0 saturated heterocycles. The lowest BCUT2D eigenvalue weighted by Crippen LogP contribution is -2.54. The van der Waals surface area contributed by atoms with Crippen molar-refractivity contribution >= 4 is 36.1 Å². The quantitative estimate of drug-likeness (QED) is 0.411. The van der Waals surface area contributed by atoms with Crippen LogP contribution in [0.15, 0.2) is 66.7 Å². The van der Waals surface area contributed by atoms with Gasteiger partial charge in [0.2, 0.25) is 0 Å². The van der Waals surface area contributed by atoms with Crippen LogP contribution in [0.4, 0.5) is 0 Å². The Labute approximate surface area is 186 Å². The van der Waals surface area contributed by atoms with Crippen LogP contribution >= 0.6 is 11.6 Å². The number of rotatable bonds is 4. The summed E-state index contributed by atoms with van der Waals surface area (Å²) in [6.45, 7) is 11.5. The fourth-order valence-corrected chi connectivity index (χ4v) is 7.61. The van der Waals surface area contributed by atoms with Crippen molar-refractivity contribution in [1.82, 2.24) is 0 Å². The van der Waals surface area contributed by atoms with Crippen LogP contribution in [-0.2, 0) is 11.8 Å². The number of ether oxygens (including phenoxy) is 1. The summed E-state index contributed by atoms with van der Waals surface area (Å²) in [5, 5.41) is 3.46. The standard InChI is InChI=1S/C27H29ClOSi/c1-27(2,3)23-17-20(28)18-25(26(23)29-21-13-7-6-8-14-21)30(4,5)24-16-10-12-19-11-9-15-22(19)24/h6-10,12-18H,11H2,1-5H3. The van der Waals surface area contributed by atoms with E-state index in [1.165, 1.54) is 21.5 Å². The molecule has 3 aromatic rings. The Kier molecular flexibility index (Phi) is 5.42. The Hall–Kier alpha value is -2.29. The molecule has 0 fully saturated rings. The predicted molar refractivity (Wildman–Crippen MR) is 133 cm³/mol. The van der Waals surface area contributed by atoms with Crippen molar-refractivity contribution in [3.8, 4) is 11.5 Å². The van der Waals surface area contributed by atoms with E-state index in [1.54, 1.807) is 0 Å². The fraction of sp³-hybridized carbons (Fsp3) is 0.259. The van der Waals surface area contributed by atoms with Crippen LogP contribution in [0.5, 0.6) is 11.5 Å². The van der Waals surface area contributed by atoms with Gasteiger partial charge in [0.05, 0.1) is 0 Å². The topological polar surface area (TPSA) is 9.23 Å². The van der Waals surface area contributed by atoms with Gasteiger partial charge in [0.25, 0.3) is 0 Å². The molecule has 30 heavy (non-hydrogen) atoms. The average molecular weight is 433 g/mol. The first-order valence-electron chi connectivity index (χ1n) is 10.5. The van der Waals surface area contributed by atoms with Crippen molar-refractivity contribution in [2.24, 2.45) is 0 Å². The first kappa shape index (κ1) is 21.0. The third kappa shape index (κ3) is 3.87. The molecule has 0 aromatic heterocycles. The van der Waals surface area contributed by atoms with Crippen molar-refractivity contribution in [2.75, 3.05) is 0 Å². The SMILES string of the molecule is CC(C)(C)c1cc(Cl)cc([Si](C)(C)c2cccc3c2C=CC3)c1Oc1ccccc1. The molecule has 0 heterocycles. The monoisotopic (exact) mass is 432 g/mol. The van der Waals surface area contributed by atoms with Crippen LogP contribution in [0.1, 0.15) is 37.5 Å². The lowest BCUT2D eigenvalue weighted by atomic mass is 9.86. The van der Waals surface area contributed by atoms with Crippen molar-refractivity contribution in [1.29, 1.82) is 0 Å². The highest BCUT2D eigenvalue weighted by Crippen LogP contribution is 2.37. The Morgan fingerprint density at radius 1 is 0.900 bits per heavy atom. The van der Waals surface area contributed by atoms with E-state index < -0.39 is 8.07 Å². The second kappa shape index (κ2) is 7.75. The molecular formula is C27H29ClOSi. The van der Waals surface area contributed by atoms with E-state index >= 15 is 0 Å². The number of benzene rings is 3. The van der Waals surface area contributed by atoms with Gasteiger partial charge in [-0.25, -0.2) is 0 Å². The van der Waals surface area contributed by atoms with Gasteiger partial charge >= 0.3 is 0 Å². The minimum atomic E-state index is -2.11. The van der Waals surface area contributed by atoms with E-state index in [2.05, 4.69) is 76.3 Å². The maximum atomic E-state index is 6.69. The van der Waals surface area contributed by atoms with Crippen molar-refractivity contribution < 1.29 is 4.74 Å². The summed E-state index contributed by atoms with van der Waals surface area (Å²) in [7, 11) is -2.11. The number of hydrogen-bond donors (Lipinski definition) is 0. The Morgan fingerprint density at radius 2 is 1.63 bits per heavy atom. The van der Waals surface area contributed by atoms with Crippen LogP contribution in [0.3, 0.4) is 0 Å². The van der Waals surface area contributed by atoms with Gasteiger partial charge in [-0.1, -0.05) is 94.0 Å². The highest BCUT2D eigenvalue weighted by Gasteiger charge is 2.35. The van der Waals surface area contributed by atoms with Crippen molar-refractivity contribution in [3.63, 3.8) is 0 Å². The molecule has 1 aliphatic carbocycles. The molecule has 154 valence electrons. The number of halogens is 1. The lowest BCUT2D eigenvalue weighted by molar-refractivity contribution is 0.459. The molecule has 0 unspecified atom stereocenters. The number of fused-ring (bicyclic) bond motifs is 1. The Morgan fingerprint density at radius 3 is 2.33 bits per heavy atom. The van der Waals surface area contributed by atoms with Crippen molar-refractivity contribution in [2.45, 2.75) is 45.7 Å². The van der Waals surface area contributed by atoms with E-state index in [0.717, 1.165) is 28.5 Å². The molecule has 0 spiro atoms. The number of allylic oxidation sites excluding steroid dienone is 1. The molecule has 0 aliphatic heterocycles. The first-order chi connectivity index (χ1) is 14.2. The van der Waals surface area contributed by atoms with Gasteiger partial charge in [0, 0.05) is 10.6 Å². The van der Waals surface area contributed by atoms with E-state index in [0.29, 0.717) is 0 Å². The molecule has 3 heteroatoms. The van der Waals surface area contributed by atoms with Gasteiger partial charge in [-0.05, 0) is 57.6 Å². The number of hydrogen-bond acceptors (Lipinski definition) is 1. The zero-order chi connectivity index (χ0) is 21.5. The van der Waals surface area contributed by atoms with Gasteiger partial charge in [-0.15, -0.1) is 0 Å². The zero-order valence-electron chi connectivity index (χ0n) is 18.4. The number of para-hydroxylation sites is 1. The van der Waals surface area contributed by atoms with Crippen molar-refractivity contribution in [3.05, 3.63) is 88.5 Å². The van der Waals surface area contributed by atoms with Crippen LogP contribution < -0.4 is 15.1 Å². The van der Waals surface area contributed by atoms with Crippen LogP contribution in [0.2, 0.25) is 18.1 Å². The summed E-state index contributed by atoms with van der Waals surface area (Å²) < 4.78 is 6.61. The first-order valence-corrected chi connectivity index (χ1v) is 13.9. The Balaban J connectivity index is 1.96. The zero-order valence-corrected chi connectivity index (χ0v) is 20.2. The maximum absolute atomic E-state index is 6.69. The minimum absolute atomic E-state index is 0.0905. The summed E-state index contributed by atoms with van der Waals surface area (Å²) >= 11 is 6.69. The smallest absolute Gasteiger partial charge is 0.130 e. The van der Waals surface area contributed by atoms with E-state index in [-0.39, 0.29) is 5.41 Å². The van der Waals surface area contributed by atoms with Gasteiger partial charge in [-0.2, -0.15) is 0 Å². The van der Waals surface area contributed by atoms with Gasteiger partial charge < -0.3 is 4.74 Å². The maximum Gasteiger partial charge on any atom is 0.130 e. The van der Waals surface area contributed by atoms with Crippen LogP contribution in [-0.4, -0.2) is 8.07 Å². The summed E-state index contributed by atoms with van der Waals surface area (Å²) in [6.07, 6.45) is 5.56. The molecular weight excluding hydrogens is 404 g/mol. The van der Waals surface area contributed by atoms with Crippen LogP contribution in [0, 0.1) is 0 Å². The molecule has 4 rings (SSSR count). The summed E-state index contributed by atoms with van der Waals surface area (Å²) in [5.74, 6) is 1.82. The average Bonchev–Trinajstić information content (AvgIpc) is 3.17. The second-order valence-electron chi connectivity index (χ2n) is 9.61. The lowest BCUT2D eigenvalue weighted by Gasteiger charge is -2.32. The third-order valence-electron chi connectivity index (χ3n) is 5.99. The van der Waals surface area contributed by atoms with Gasteiger partial charge in [0.1, 0.15) is 19.6 Å². The summed E-state index contributed by atoms with van der Waals surface area (Å²) in [6, 6.07) is 21.0. The molecule has 1 nitrogen and oxygen atoms in total. The molecule has 0 atom stereocenters. The van der Waals surface area contributed by atoms with E-state index in [1.807, 2.05) is 30.3 Å². The highest BCUT2D eigenvalue weighted by molar-refractivity contribution is 7.01. The third-order valence-corrected chi connectivity index (χ3v) is 9.71. The normalized spacial score (nSPS) is 13.4. The molecule has 0 radical (unpaired) electrons. The predicted octanol–water partition coefficient (Wildman–Crippen LogP) is 6.82. The van der Waals surface area contributed by atoms with Gasteiger partial charge in [0.15, 0.2) is 0 Å². The fourth-order valence-electron chi connectivity index (χ4n) is 4.31. The van der Waals surface area contributed by atoms with E-state index in [9.17, 15) is 0 Å². The molecule has 0 bridgehead atoms. The van der Waals surface area contributed by atoms with Crippen LogP contribution in [0.25, 0.3) is 6.08 Å². The second-order valence-corrected chi connectivity index (χ2v) is 14.4. The molecule has 1 aliphatic rings. The highest BCUT2D eigenvalue weighted by atomic mass is 35.5. The summed E-state index contributed by atoms with van der Waals surface area (Å²) in [4.78, 5) is 0. The van der Waals surface area contributed by atoms with Gasteiger partial charge in [-0.3, -0.25) is 0 Å². The minimum Gasteiger partial charge on any atom is -0.457 e. The molecule has 0 saturated carbocycles. The summed E-state index contributed by atoms with van der Waals surface area (Å²) in [5.41, 5.74) is 3.86. The largest absolute Gasteiger partial charge is 0.457 e. The molecule has 0 amide bonds. The Bertz CT molecular complexity index is 1110. The molecule has 0 N–H and O–H groups in total. The van der Waals surface area contributed by atoms with E-state index in [4.69, 9.17) is 16.3 Å². The molecule has 3 aromatic carbocycles.